The Morgan fingerprint density at radius 3 is 2.62 bits per heavy atom. The third-order valence-corrected chi connectivity index (χ3v) is 4.92. The van der Waals surface area contributed by atoms with Crippen LogP contribution in [-0.2, 0) is 11.3 Å². The van der Waals surface area contributed by atoms with Crippen LogP contribution in [0.4, 0.5) is 0 Å². The standard InChI is InChI=1S/C21H24N4O3S/c1-15-6-4-5-7-18(15)28-13-12-24(2)19(26)14-25-20(22-23-21(25)29)16-8-10-17(27-3)11-9-16/h4-11H,12-14H2,1-3H3,(H,23,29). The number of carbonyl (C=O) groups is 1. The van der Waals surface area contributed by atoms with Crippen LogP contribution in [0.1, 0.15) is 5.56 Å². The van der Waals surface area contributed by atoms with Gasteiger partial charge in [-0.1, -0.05) is 18.2 Å². The van der Waals surface area contributed by atoms with E-state index in [1.165, 1.54) is 0 Å². The highest BCUT2D eigenvalue weighted by Gasteiger charge is 2.15. The lowest BCUT2D eigenvalue weighted by molar-refractivity contribution is -0.130. The maximum atomic E-state index is 12.7. The van der Waals surface area contributed by atoms with Crippen molar-refractivity contribution in [3.8, 4) is 22.9 Å². The molecule has 7 nitrogen and oxygen atoms in total. The number of carbonyl (C=O) groups excluding carboxylic acids is 1. The molecule has 0 saturated heterocycles. The van der Waals surface area contributed by atoms with Crippen molar-refractivity contribution in [2.75, 3.05) is 27.3 Å². The summed E-state index contributed by atoms with van der Waals surface area (Å²) in [5.41, 5.74) is 1.91. The van der Waals surface area contributed by atoms with Crippen LogP contribution in [0.3, 0.4) is 0 Å². The summed E-state index contributed by atoms with van der Waals surface area (Å²) in [6.45, 7) is 2.97. The third kappa shape index (κ3) is 5.03. The second kappa shape index (κ2) is 9.38. The number of amides is 1. The summed E-state index contributed by atoms with van der Waals surface area (Å²) in [6.07, 6.45) is 0. The van der Waals surface area contributed by atoms with Gasteiger partial charge in [0.25, 0.3) is 0 Å². The maximum absolute atomic E-state index is 12.7. The molecule has 0 unspecified atom stereocenters. The van der Waals surface area contributed by atoms with Gasteiger partial charge in [-0.25, -0.2) is 0 Å². The Kier molecular flexibility index (Phi) is 6.66. The summed E-state index contributed by atoms with van der Waals surface area (Å²) < 4.78 is 13.1. The average molecular weight is 413 g/mol. The fourth-order valence-corrected chi connectivity index (χ4v) is 3.01. The van der Waals surface area contributed by atoms with E-state index in [1.807, 2.05) is 55.5 Å². The Morgan fingerprint density at radius 2 is 1.93 bits per heavy atom. The smallest absolute Gasteiger partial charge is 0.242 e. The van der Waals surface area contributed by atoms with Gasteiger partial charge in [0, 0.05) is 12.6 Å². The molecule has 0 aliphatic heterocycles. The van der Waals surface area contributed by atoms with E-state index in [0.29, 0.717) is 23.7 Å². The number of H-pyrrole nitrogens is 1. The minimum atomic E-state index is -0.0781. The highest BCUT2D eigenvalue weighted by atomic mass is 32.1. The van der Waals surface area contributed by atoms with Crippen LogP contribution in [0.5, 0.6) is 11.5 Å². The fraction of sp³-hybridized carbons (Fsp3) is 0.286. The number of ether oxygens (including phenoxy) is 2. The van der Waals surface area contributed by atoms with E-state index in [0.717, 1.165) is 22.6 Å². The molecule has 0 aliphatic rings. The second-order valence-electron chi connectivity index (χ2n) is 6.60. The summed E-state index contributed by atoms with van der Waals surface area (Å²) in [4.78, 5) is 14.3. The molecule has 0 aliphatic carbocycles. The largest absolute Gasteiger partial charge is 0.497 e. The number of methoxy groups -OCH3 is 1. The lowest BCUT2D eigenvalue weighted by atomic mass is 10.2. The van der Waals surface area contributed by atoms with Gasteiger partial charge in [0.2, 0.25) is 5.91 Å². The highest BCUT2D eigenvalue weighted by Crippen LogP contribution is 2.21. The molecular formula is C21H24N4O3S. The normalized spacial score (nSPS) is 10.6. The Morgan fingerprint density at radius 1 is 1.21 bits per heavy atom. The molecule has 0 radical (unpaired) electrons. The van der Waals surface area contributed by atoms with Gasteiger partial charge >= 0.3 is 0 Å². The predicted octanol–water partition coefficient (Wildman–Crippen LogP) is 3.46. The summed E-state index contributed by atoms with van der Waals surface area (Å²) in [7, 11) is 3.36. The van der Waals surface area contributed by atoms with Gasteiger partial charge in [-0.3, -0.25) is 14.5 Å². The van der Waals surface area contributed by atoms with Crippen molar-refractivity contribution in [2.45, 2.75) is 13.5 Å². The van der Waals surface area contributed by atoms with Crippen molar-refractivity contribution in [2.24, 2.45) is 0 Å². The second-order valence-corrected chi connectivity index (χ2v) is 6.98. The zero-order valence-electron chi connectivity index (χ0n) is 16.7. The van der Waals surface area contributed by atoms with Crippen LogP contribution < -0.4 is 9.47 Å². The number of aryl methyl sites for hydroxylation is 1. The highest BCUT2D eigenvalue weighted by molar-refractivity contribution is 7.71. The molecule has 1 heterocycles. The van der Waals surface area contributed by atoms with Gasteiger partial charge in [0.15, 0.2) is 10.6 Å². The molecule has 152 valence electrons. The number of aromatic nitrogens is 3. The summed E-state index contributed by atoms with van der Waals surface area (Å²) >= 11 is 5.32. The fourth-order valence-electron chi connectivity index (χ4n) is 2.82. The van der Waals surface area contributed by atoms with Gasteiger partial charge < -0.3 is 14.4 Å². The summed E-state index contributed by atoms with van der Waals surface area (Å²) in [5.74, 6) is 2.10. The topological polar surface area (TPSA) is 72.4 Å². The molecule has 0 fully saturated rings. The quantitative estimate of drug-likeness (QED) is 0.574. The molecule has 2 aromatic carbocycles. The average Bonchev–Trinajstić information content (AvgIpc) is 3.09. The molecule has 1 amide bonds. The van der Waals surface area contributed by atoms with Crippen molar-refractivity contribution in [1.82, 2.24) is 19.7 Å². The van der Waals surface area contributed by atoms with E-state index in [-0.39, 0.29) is 12.5 Å². The third-order valence-electron chi connectivity index (χ3n) is 4.60. The zero-order chi connectivity index (χ0) is 20.8. The Bertz CT molecular complexity index is 1030. The SMILES string of the molecule is COc1ccc(-c2n[nH]c(=S)n2CC(=O)N(C)CCOc2ccccc2C)cc1. The minimum Gasteiger partial charge on any atom is -0.497 e. The first-order valence-corrected chi connectivity index (χ1v) is 9.62. The molecule has 1 N–H and O–H groups in total. The van der Waals surface area contributed by atoms with Gasteiger partial charge in [-0.15, -0.1) is 0 Å². The molecular weight excluding hydrogens is 388 g/mol. The van der Waals surface area contributed by atoms with Gasteiger partial charge in [-0.05, 0) is 55.0 Å². The molecule has 3 rings (SSSR count). The van der Waals surface area contributed by atoms with Crippen LogP contribution in [0.25, 0.3) is 11.4 Å². The monoisotopic (exact) mass is 412 g/mol. The van der Waals surface area contributed by atoms with Crippen molar-refractivity contribution in [3.05, 3.63) is 58.9 Å². The van der Waals surface area contributed by atoms with Crippen LogP contribution in [-0.4, -0.2) is 52.9 Å². The van der Waals surface area contributed by atoms with Crippen molar-refractivity contribution in [3.63, 3.8) is 0 Å². The van der Waals surface area contributed by atoms with E-state index >= 15 is 0 Å². The van der Waals surface area contributed by atoms with E-state index in [9.17, 15) is 4.79 Å². The van der Waals surface area contributed by atoms with Crippen molar-refractivity contribution in [1.29, 1.82) is 0 Å². The molecule has 0 bridgehead atoms. The first-order chi connectivity index (χ1) is 14.0. The van der Waals surface area contributed by atoms with Gasteiger partial charge in [-0.2, -0.15) is 5.10 Å². The summed E-state index contributed by atoms with van der Waals surface area (Å²) in [6, 6.07) is 15.2. The van der Waals surface area contributed by atoms with Crippen LogP contribution in [0, 0.1) is 11.7 Å². The number of rotatable bonds is 8. The van der Waals surface area contributed by atoms with E-state index < -0.39 is 0 Å². The van der Waals surface area contributed by atoms with Crippen molar-refractivity contribution < 1.29 is 14.3 Å². The molecule has 8 heteroatoms. The summed E-state index contributed by atoms with van der Waals surface area (Å²) in [5, 5.41) is 7.04. The first kappa shape index (κ1) is 20.6. The number of nitrogens with zero attached hydrogens (tertiary/aromatic N) is 3. The van der Waals surface area contributed by atoms with Crippen LogP contribution in [0.2, 0.25) is 0 Å². The number of hydrogen-bond acceptors (Lipinski definition) is 5. The minimum absolute atomic E-state index is 0.0781. The Balaban J connectivity index is 1.63. The molecule has 1 aromatic heterocycles. The van der Waals surface area contributed by atoms with E-state index in [1.54, 1.807) is 23.6 Å². The van der Waals surface area contributed by atoms with E-state index in [2.05, 4.69) is 10.2 Å². The Labute approximate surface area is 174 Å². The number of hydrogen-bond donors (Lipinski definition) is 1. The number of nitrogens with one attached hydrogen (secondary N) is 1. The Hall–Kier alpha value is -3.13. The zero-order valence-corrected chi connectivity index (χ0v) is 17.5. The molecule has 0 atom stereocenters. The molecule has 0 spiro atoms. The molecule has 3 aromatic rings. The van der Waals surface area contributed by atoms with Crippen LogP contribution >= 0.6 is 12.2 Å². The number of benzene rings is 2. The van der Waals surface area contributed by atoms with E-state index in [4.69, 9.17) is 21.7 Å². The van der Waals surface area contributed by atoms with Gasteiger partial charge in [0.05, 0.1) is 13.7 Å². The lowest BCUT2D eigenvalue weighted by Crippen LogP contribution is -2.33. The lowest BCUT2D eigenvalue weighted by Gasteiger charge is -2.18. The number of likely N-dealkylation sites (N-methyl/N-ethyl adjacent to an activating group) is 1. The first-order valence-electron chi connectivity index (χ1n) is 9.21. The molecule has 0 saturated carbocycles. The number of aromatic amines is 1. The molecule has 29 heavy (non-hydrogen) atoms. The van der Waals surface area contributed by atoms with Crippen LogP contribution in [0.15, 0.2) is 48.5 Å². The van der Waals surface area contributed by atoms with Gasteiger partial charge in [0.1, 0.15) is 24.7 Å². The predicted molar refractivity (Wildman–Crippen MR) is 114 cm³/mol. The number of para-hydroxylation sites is 1. The van der Waals surface area contributed by atoms with Crippen molar-refractivity contribution >= 4 is 18.1 Å². The maximum Gasteiger partial charge on any atom is 0.242 e.